The SMILES string of the molecule is OCC1(C2(O)CCC2)CC2CCC1C2. The van der Waals surface area contributed by atoms with E-state index in [1.165, 1.54) is 19.3 Å². The maximum Gasteiger partial charge on any atom is 0.0728 e. The van der Waals surface area contributed by atoms with Gasteiger partial charge in [0, 0.05) is 5.41 Å². The minimum atomic E-state index is -0.498. The summed E-state index contributed by atoms with van der Waals surface area (Å²) in [6.45, 7) is 0.213. The first-order valence-corrected chi connectivity index (χ1v) is 6.03. The van der Waals surface area contributed by atoms with E-state index in [1.807, 2.05) is 0 Å². The molecule has 2 heteroatoms. The second-order valence-electron chi connectivity index (χ2n) is 5.78. The fourth-order valence-electron chi connectivity index (χ4n) is 4.36. The topological polar surface area (TPSA) is 40.5 Å². The van der Waals surface area contributed by atoms with E-state index in [-0.39, 0.29) is 12.0 Å². The zero-order valence-corrected chi connectivity index (χ0v) is 8.71. The summed E-state index contributed by atoms with van der Waals surface area (Å²) in [7, 11) is 0. The van der Waals surface area contributed by atoms with Crippen molar-refractivity contribution in [2.24, 2.45) is 17.3 Å². The normalized spacial score (nSPS) is 49.3. The Morgan fingerprint density at radius 2 is 2.00 bits per heavy atom. The molecule has 14 heavy (non-hydrogen) atoms. The van der Waals surface area contributed by atoms with E-state index >= 15 is 0 Å². The van der Waals surface area contributed by atoms with Crippen molar-refractivity contribution in [2.75, 3.05) is 6.61 Å². The summed E-state index contributed by atoms with van der Waals surface area (Å²) in [5, 5.41) is 20.2. The maximum atomic E-state index is 10.5. The Balaban J connectivity index is 1.91. The van der Waals surface area contributed by atoms with Gasteiger partial charge >= 0.3 is 0 Å². The second kappa shape index (κ2) is 2.73. The smallest absolute Gasteiger partial charge is 0.0728 e. The van der Waals surface area contributed by atoms with Gasteiger partial charge in [-0.25, -0.2) is 0 Å². The first-order valence-electron chi connectivity index (χ1n) is 6.03. The number of hydrogen-bond acceptors (Lipinski definition) is 2. The highest BCUT2D eigenvalue weighted by molar-refractivity contribution is 5.12. The third-order valence-corrected chi connectivity index (χ3v) is 5.37. The molecule has 2 N–H and O–H groups in total. The molecule has 0 amide bonds. The highest BCUT2D eigenvalue weighted by Gasteiger charge is 2.62. The fraction of sp³-hybridized carbons (Fsp3) is 1.00. The highest BCUT2D eigenvalue weighted by atomic mass is 16.3. The van der Waals surface area contributed by atoms with Crippen molar-refractivity contribution in [1.29, 1.82) is 0 Å². The van der Waals surface area contributed by atoms with Gasteiger partial charge in [-0.1, -0.05) is 6.42 Å². The molecule has 0 spiro atoms. The van der Waals surface area contributed by atoms with Gasteiger partial charge in [0.05, 0.1) is 12.2 Å². The van der Waals surface area contributed by atoms with Crippen molar-refractivity contribution in [1.82, 2.24) is 0 Å². The molecule has 3 rings (SSSR count). The number of rotatable bonds is 2. The van der Waals surface area contributed by atoms with E-state index in [2.05, 4.69) is 0 Å². The molecule has 3 fully saturated rings. The molecule has 3 saturated carbocycles. The van der Waals surface area contributed by atoms with Crippen LogP contribution < -0.4 is 0 Å². The van der Waals surface area contributed by atoms with Gasteiger partial charge in [0.1, 0.15) is 0 Å². The molecule has 3 unspecified atom stereocenters. The van der Waals surface area contributed by atoms with Crippen LogP contribution in [0.2, 0.25) is 0 Å². The number of fused-ring (bicyclic) bond motifs is 2. The van der Waals surface area contributed by atoms with Gasteiger partial charge in [-0.05, 0) is 50.4 Å². The van der Waals surface area contributed by atoms with Crippen LogP contribution in [0.1, 0.15) is 44.9 Å². The first-order chi connectivity index (χ1) is 6.70. The van der Waals surface area contributed by atoms with Crippen molar-refractivity contribution in [3.05, 3.63) is 0 Å². The van der Waals surface area contributed by atoms with E-state index in [1.54, 1.807) is 0 Å². The van der Waals surface area contributed by atoms with E-state index < -0.39 is 5.60 Å². The lowest BCUT2D eigenvalue weighted by Gasteiger charge is -2.54. The van der Waals surface area contributed by atoms with Crippen LogP contribution in [0.4, 0.5) is 0 Å². The summed E-state index contributed by atoms with van der Waals surface area (Å²) in [5.74, 6) is 1.42. The van der Waals surface area contributed by atoms with Crippen LogP contribution in [0, 0.1) is 17.3 Å². The van der Waals surface area contributed by atoms with Crippen LogP contribution in [0.15, 0.2) is 0 Å². The Hall–Kier alpha value is -0.0800. The third-order valence-electron chi connectivity index (χ3n) is 5.37. The van der Waals surface area contributed by atoms with E-state index in [4.69, 9.17) is 0 Å². The number of aliphatic hydroxyl groups is 2. The minimum Gasteiger partial charge on any atom is -0.396 e. The molecule has 0 aromatic carbocycles. The zero-order valence-electron chi connectivity index (χ0n) is 8.71. The second-order valence-corrected chi connectivity index (χ2v) is 5.78. The van der Waals surface area contributed by atoms with Gasteiger partial charge in [-0.3, -0.25) is 0 Å². The fourth-order valence-corrected chi connectivity index (χ4v) is 4.36. The molecule has 0 aromatic heterocycles. The van der Waals surface area contributed by atoms with Crippen molar-refractivity contribution < 1.29 is 10.2 Å². The molecule has 3 aliphatic rings. The lowest BCUT2D eigenvalue weighted by molar-refractivity contribution is -0.180. The Morgan fingerprint density at radius 1 is 1.21 bits per heavy atom. The molecule has 0 aromatic rings. The van der Waals surface area contributed by atoms with Crippen LogP contribution in [0.3, 0.4) is 0 Å². The van der Waals surface area contributed by atoms with E-state index in [9.17, 15) is 10.2 Å². The predicted octanol–water partition coefficient (Wildman–Crippen LogP) is 1.70. The third kappa shape index (κ3) is 0.892. The molecule has 0 saturated heterocycles. The Morgan fingerprint density at radius 3 is 2.36 bits per heavy atom. The number of aliphatic hydroxyl groups excluding tert-OH is 1. The van der Waals surface area contributed by atoms with Gasteiger partial charge in [0.15, 0.2) is 0 Å². The maximum absolute atomic E-state index is 10.5. The largest absolute Gasteiger partial charge is 0.396 e. The van der Waals surface area contributed by atoms with Crippen LogP contribution in [0.25, 0.3) is 0 Å². The van der Waals surface area contributed by atoms with Gasteiger partial charge in [-0.15, -0.1) is 0 Å². The van der Waals surface area contributed by atoms with Crippen LogP contribution >= 0.6 is 0 Å². The molecule has 80 valence electrons. The van der Waals surface area contributed by atoms with Gasteiger partial charge in [0.2, 0.25) is 0 Å². The predicted molar refractivity (Wildman–Crippen MR) is 53.8 cm³/mol. The number of hydrogen-bond donors (Lipinski definition) is 2. The average molecular weight is 196 g/mol. The Labute approximate surface area is 85.3 Å². The first kappa shape index (κ1) is 9.17. The minimum absolute atomic E-state index is 0.103. The Bertz CT molecular complexity index is 247. The monoisotopic (exact) mass is 196 g/mol. The molecule has 0 aliphatic heterocycles. The van der Waals surface area contributed by atoms with E-state index in [0.717, 1.165) is 31.6 Å². The van der Waals surface area contributed by atoms with E-state index in [0.29, 0.717) is 5.92 Å². The standard InChI is InChI=1S/C12H20O2/c13-8-11(12(14)4-1-5-12)7-9-2-3-10(11)6-9/h9-10,13-14H,1-8H2. The summed E-state index contributed by atoms with van der Waals surface area (Å²) < 4.78 is 0. The van der Waals surface area contributed by atoms with Crippen molar-refractivity contribution in [3.63, 3.8) is 0 Å². The van der Waals surface area contributed by atoms with Gasteiger partial charge < -0.3 is 10.2 Å². The van der Waals surface area contributed by atoms with Crippen molar-refractivity contribution >= 4 is 0 Å². The average Bonchev–Trinajstić information content (AvgIpc) is 2.73. The molecule has 3 aliphatic carbocycles. The molecule has 2 bridgehead atoms. The summed E-state index contributed by atoms with van der Waals surface area (Å²) in [5.41, 5.74) is -0.601. The van der Waals surface area contributed by atoms with Crippen molar-refractivity contribution in [2.45, 2.75) is 50.5 Å². The Kier molecular flexibility index (Phi) is 1.79. The van der Waals surface area contributed by atoms with Crippen LogP contribution in [0.5, 0.6) is 0 Å². The molecule has 3 atom stereocenters. The molecular formula is C12H20O2. The highest BCUT2D eigenvalue weighted by Crippen LogP contribution is 2.64. The molecule has 0 radical (unpaired) electrons. The zero-order chi connectivity index (χ0) is 9.81. The lowest BCUT2D eigenvalue weighted by atomic mass is 9.55. The van der Waals surface area contributed by atoms with Gasteiger partial charge in [-0.2, -0.15) is 0 Å². The lowest BCUT2D eigenvalue weighted by Crippen LogP contribution is -2.57. The molecule has 2 nitrogen and oxygen atoms in total. The summed E-state index contributed by atoms with van der Waals surface area (Å²) >= 11 is 0. The quantitative estimate of drug-likeness (QED) is 0.705. The van der Waals surface area contributed by atoms with Crippen molar-refractivity contribution in [3.8, 4) is 0 Å². The summed E-state index contributed by atoms with van der Waals surface area (Å²) in [6.07, 6.45) is 7.94. The van der Waals surface area contributed by atoms with Gasteiger partial charge in [0.25, 0.3) is 0 Å². The van der Waals surface area contributed by atoms with Crippen LogP contribution in [-0.2, 0) is 0 Å². The summed E-state index contributed by atoms with van der Waals surface area (Å²) in [6, 6.07) is 0. The molecule has 0 heterocycles. The molecular weight excluding hydrogens is 176 g/mol. The summed E-state index contributed by atoms with van der Waals surface area (Å²) in [4.78, 5) is 0. The van der Waals surface area contributed by atoms with Crippen LogP contribution in [-0.4, -0.2) is 22.4 Å².